The van der Waals surface area contributed by atoms with Crippen molar-refractivity contribution < 1.29 is 14.6 Å². The fraction of sp³-hybridized carbons (Fsp3) is 0.412. The molecule has 10 N–H and O–H groups in total. The van der Waals surface area contributed by atoms with Crippen LogP contribution in [0.2, 0.25) is 0 Å². The first kappa shape index (κ1) is 24.1. The third kappa shape index (κ3) is 8.00. The van der Waals surface area contributed by atoms with Crippen molar-refractivity contribution in [1.82, 2.24) is 16.3 Å². The highest BCUT2D eigenvalue weighted by Gasteiger charge is 2.20. The van der Waals surface area contributed by atoms with Gasteiger partial charge in [0.15, 0.2) is 5.96 Å². The van der Waals surface area contributed by atoms with Crippen LogP contribution in [0.5, 0.6) is 5.75 Å². The highest BCUT2D eigenvalue weighted by Crippen LogP contribution is 2.24. The largest absolute Gasteiger partial charge is 0.509 e. The Balaban J connectivity index is 3.02. The van der Waals surface area contributed by atoms with Crippen molar-refractivity contribution in [3.63, 3.8) is 0 Å². The molecule has 30 heavy (non-hydrogen) atoms. The van der Waals surface area contributed by atoms with E-state index in [1.165, 1.54) is 13.3 Å². The Labute approximate surface area is 175 Å². The van der Waals surface area contributed by atoms with Gasteiger partial charge in [-0.3, -0.25) is 15.2 Å². The number of nitrogens with two attached hydrogens (primary N) is 3. The van der Waals surface area contributed by atoms with Crippen molar-refractivity contribution in [2.24, 2.45) is 32.7 Å². The number of rotatable bonds is 12. The van der Waals surface area contributed by atoms with E-state index in [1.807, 2.05) is 25.1 Å². The molecular weight excluding hydrogens is 392 g/mol. The van der Waals surface area contributed by atoms with Crippen LogP contribution in [0, 0.1) is 0 Å². The van der Waals surface area contributed by atoms with E-state index in [0.29, 0.717) is 30.7 Å². The van der Waals surface area contributed by atoms with Crippen LogP contribution < -0.4 is 43.2 Å². The zero-order chi connectivity index (χ0) is 22.5. The highest BCUT2D eigenvalue weighted by molar-refractivity contribution is 5.98. The summed E-state index contributed by atoms with van der Waals surface area (Å²) in [7, 11) is 5.21. The number of aliphatic hydroxyl groups is 1. The summed E-state index contributed by atoms with van der Waals surface area (Å²) in [5.74, 6) is 4.67. The molecule has 13 heteroatoms. The molecule has 0 aliphatic carbocycles. The van der Waals surface area contributed by atoms with Crippen molar-refractivity contribution in [2.45, 2.75) is 18.9 Å². The Morgan fingerprint density at radius 1 is 1.37 bits per heavy atom. The summed E-state index contributed by atoms with van der Waals surface area (Å²) in [4.78, 5) is 18.7. The number of aliphatic hydroxyl groups excluding tert-OH is 1. The number of guanidine groups is 1. The number of anilines is 1. The average molecular weight is 422 g/mol. The number of nitrogens with one attached hydrogen (secondary N) is 3. The Hall–Kier alpha value is -3.90. The van der Waals surface area contributed by atoms with Gasteiger partial charge in [0, 0.05) is 26.3 Å². The summed E-state index contributed by atoms with van der Waals surface area (Å²) in [6.45, 7) is 0.342. The van der Waals surface area contributed by atoms with Gasteiger partial charge in [-0.15, -0.1) is 0 Å². The molecule has 0 aliphatic heterocycles. The minimum absolute atomic E-state index is 0.0291. The van der Waals surface area contributed by atoms with Gasteiger partial charge < -0.3 is 37.4 Å². The summed E-state index contributed by atoms with van der Waals surface area (Å²) in [5, 5.41) is 19.5. The first-order chi connectivity index (χ1) is 14.3. The number of aliphatic imine (C=N–C) groups is 1. The lowest BCUT2D eigenvalue weighted by Crippen LogP contribution is -2.38. The number of hydrogen-bond donors (Lipinski definition) is 7. The van der Waals surface area contributed by atoms with E-state index in [2.05, 4.69) is 31.7 Å². The molecule has 0 saturated carbocycles. The lowest BCUT2D eigenvalue weighted by molar-refractivity contribution is 0.0927. The molecule has 0 fully saturated rings. The molecule has 0 radical (unpaired) electrons. The summed E-state index contributed by atoms with van der Waals surface area (Å²) in [5.41, 5.74) is 16.6. The highest BCUT2D eigenvalue weighted by atomic mass is 16.5. The van der Waals surface area contributed by atoms with Gasteiger partial charge >= 0.3 is 0 Å². The molecule has 1 amide bonds. The van der Waals surface area contributed by atoms with E-state index in [1.54, 1.807) is 12.1 Å². The number of carbonyl (C=O) groups is 1. The quantitative estimate of drug-likeness (QED) is 0.0447. The maximum atomic E-state index is 12.9. The van der Waals surface area contributed by atoms with Crippen LogP contribution in [0.4, 0.5) is 5.69 Å². The molecule has 0 unspecified atom stereocenters. The summed E-state index contributed by atoms with van der Waals surface area (Å²) in [6, 6.07) is 4.51. The number of nitrogens with zero attached hydrogens (tertiary/aromatic N) is 4. The van der Waals surface area contributed by atoms with E-state index in [0.717, 1.165) is 5.69 Å². The van der Waals surface area contributed by atoms with Crippen LogP contribution in [0.25, 0.3) is 0 Å². The summed E-state index contributed by atoms with van der Waals surface area (Å²) >= 11 is 0. The van der Waals surface area contributed by atoms with Gasteiger partial charge in [-0.1, -0.05) is 5.22 Å². The van der Waals surface area contributed by atoms with Gasteiger partial charge in [0.2, 0.25) is 0 Å². The third-order valence-electron chi connectivity index (χ3n) is 3.94. The Kier molecular flexibility index (Phi) is 10.1. The molecule has 13 nitrogen and oxygen atoms in total. The second-order valence-corrected chi connectivity index (χ2v) is 6.29. The predicted molar refractivity (Wildman–Crippen MR) is 115 cm³/mol. The van der Waals surface area contributed by atoms with Gasteiger partial charge in [0.1, 0.15) is 11.5 Å². The molecular formula is C17H30N10O3. The standard InChI is InChI=1S/C17H30N10O3/c1-27(2)11-6-7-15(30-3)12(9-11)16(29)23-13(5-4-8-21-17(18)19)14(28)10-22-25-26-24-20/h6-7,9-10,13,28H,4-5,8H2,1-3H3,(H,23,29)(H,24,25)(H4,18,19,21)(H3,20,22,26)/t13-/m0/s1. The maximum Gasteiger partial charge on any atom is 0.255 e. The monoisotopic (exact) mass is 422 g/mol. The molecule has 0 saturated heterocycles. The molecule has 1 atom stereocenters. The minimum Gasteiger partial charge on any atom is -0.509 e. The van der Waals surface area contributed by atoms with E-state index in [4.69, 9.17) is 22.0 Å². The van der Waals surface area contributed by atoms with E-state index < -0.39 is 11.9 Å². The van der Waals surface area contributed by atoms with Crippen LogP contribution >= 0.6 is 0 Å². The summed E-state index contributed by atoms with van der Waals surface area (Å²) in [6.07, 6.45) is 2.08. The SMILES string of the molecule is COc1ccc(N(C)C)cc1C(=O)N[C@@H](CCCN=C(N)N)C(O)=CNNN=NN. The topological polar surface area (TPSA) is 201 Å². The Morgan fingerprint density at radius 2 is 2.10 bits per heavy atom. The number of carbonyl (C=O) groups excluding carboxylic acids is 1. The van der Waals surface area contributed by atoms with E-state index in [9.17, 15) is 9.90 Å². The molecule has 166 valence electrons. The molecule has 0 aromatic heterocycles. The smallest absolute Gasteiger partial charge is 0.255 e. The number of hydrogen-bond acceptors (Lipinski definition) is 8. The van der Waals surface area contributed by atoms with Gasteiger partial charge in [0.05, 0.1) is 24.9 Å². The Morgan fingerprint density at radius 3 is 2.70 bits per heavy atom. The second-order valence-electron chi connectivity index (χ2n) is 6.29. The number of amides is 1. The third-order valence-corrected chi connectivity index (χ3v) is 3.94. The van der Waals surface area contributed by atoms with Gasteiger partial charge in [0.25, 0.3) is 5.91 Å². The first-order valence-corrected chi connectivity index (χ1v) is 9.01. The van der Waals surface area contributed by atoms with Crippen LogP contribution in [-0.4, -0.2) is 50.8 Å². The molecule has 0 aliphatic rings. The molecule has 1 rings (SSSR count). The van der Waals surface area contributed by atoms with Gasteiger partial charge in [-0.25, -0.2) is 5.53 Å². The molecule has 0 bridgehead atoms. The van der Waals surface area contributed by atoms with Gasteiger partial charge in [-0.05, 0) is 36.3 Å². The molecule has 1 aromatic carbocycles. The minimum atomic E-state index is -0.733. The van der Waals surface area contributed by atoms with Crippen molar-refractivity contribution in [3.05, 3.63) is 35.7 Å². The fourth-order valence-electron chi connectivity index (χ4n) is 2.45. The number of hydrazine groups is 1. The van der Waals surface area contributed by atoms with Crippen molar-refractivity contribution in [1.29, 1.82) is 0 Å². The van der Waals surface area contributed by atoms with Crippen LogP contribution in [0.1, 0.15) is 23.2 Å². The maximum absolute atomic E-state index is 12.9. The molecule has 1 aromatic rings. The number of methoxy groups -OCH3 is 1. The fourth-order valence-corrected chi connectivity index (χ4v) is 2.45. The van der Waals surface area contributed by atoms with Crippen LogP contribution in [0.3, 0.4) is 0 Å². The zero-order valence-electron chi connectivity index (χ0n) is 17.3. The van der Waals surface area contributed by atoms with Crippen LogP contribution in [-0.2, 0) is 0 Å². The zero-order valence-corrected chi connectivity index (χ0v) is 17.3. The van der Waals surface area contributed by atoms with Crippen molar-refractivity contribution in [2.75, 3.05) is 32.6 Å². The van der Waals surface area contributed by atoms with Crippen LogP contribution in [0.15, 0.2) is 45.6 Å². The predicted octanol–water partition coefficient (Wildman–Crippen LogP) is -0.352. The molecule has 0 spiro atoms. The lowest BCUT2D eigenvalue weighted by Gasteiger charge is -2.20. The van der Waals surface area contributed by atoms with Gasteiger partial charge in [-0.2, -0.15) is 0 Å². The first-order valence-electron chi connectivity index (χ1n) is 9.01. The number of benzene rings is 1. The lowest BCUT2D eigenvalue weighted by atomic mass is 10.1. The van der Waals surface area contributed by atoms with Crippen molar-refractivity contribution >= 4 is 17.6 Å². The second kappa shape index (κ2) is 12.5. The summed E-state index contributed by atoms with van der Waals surface area (Å²) < 4.78 is 5.30. The molecule has 0 heterocycles. The number of ether oxygens (including phenoxy) is 1. The van der Waals surface area contributed by atoms with E-state index in [-0.39, 0.29) is 11.7 Å². The average Bonchev–Trinajstić information content (AvgIpc) is 2.72. The van der Waals surface area contributed by atoms with Crippen molar-refractivity contribution in [3.8, 4) is 5.75 Å². The van der Waals surface area contributed by atoms with E-state index >= 15 is 0 Å². The Bertz CT molecular complexity index is 775. The normalized spacial score (nSPS) is 12.2.